The van der Waals surface area contributed by atoms with Crippen LogP contribution in [-0.4, -0.2) is 23.3 Å². The fourth-order valence-electron chi connectivity index (χ4n) is 2.68. The molecule has 0 aliphatic rings. The first kappa shape index (κ1) is 19.2. The summed E-state index contributed by atoms with van der Waals surface area (Å²) in [5.41, 5.74) is 1.40. The first-order valence-corrected chi connectivity index (χ1v) is 9.26. The van der Waals surface area contributed by atoms with Gasteiger partial charge in [-0.05, 0) is 36.8 Å². The number of aromatic nitrogens is 2. The Hall–Kier alpha value is -2.61. The number of halogens is 2. The molecule has 8 heteroatoms. The molecule has 5 nitrogen and oxygen atoms in total. The minimum atomic E-state index is -2.92. The molecule has 0 fully saturated rings. The van der Waals surface area contributed by atoms with Crippen molar-refractivity contribution in [2.24, 2.45) is 0 Å². The van der Waals surface area contributed by atoms with Crippen LogP contribution in [0, 0.1) is 0 Å². The summed E-state index contributed by atoms with van der Waals surface area (Å²) >= 11 is 1.40. The van der Waals surface area contributed by atoms with Gasteiger partial charge in [-0.15, -0.1) is 0 Å². The lowest BCUT2D eigenvalue weighted by molar-refractivity contribution is -0.0512. The van der Waals surface area contributed by atoms with E-state index < -0.39 is 6.61 Å². The summed E-state index contributed by atoms with van der Waals surface area (Å²) in [6.45, 7) is -0.523. The van der Waals surface area contributed by atoms with E-state index in [9.17, 15) is 13.6 Å². The van der Waals surface area contributed by atoms with Crippen molar-refractivity contribution in [2.45, 2.75) is 31.0 Å². The number of rotatable bonds is 7. The number of benzene rings is 2. The highest BCUT2D eigenvalue weighted by Crippen LogP contribution is 2.31. The number of para-hydroxylation sites is 1. The van der Waals surface area contributed by atoms with Crippen LogP contribution in [0.3, 0.4) is 0 Å². The summed E-state index contributed by atoms with van der Waals surface area (Å²) in [4.78, 5) is 17.2. The molecule has 27 heavy (non-hydrogen) atoms. The van der Waals surface area contributed by atoms with Crippen LogP contribution in [0.2, 0.25) is 0 Å². The summed E-state index contributed by atoms with van der Waals surface area (Å²) in [6.07, 6.45) is 0. The SMILES string of the molecule is CCn1c(SCc2ccc(OC(F)F)c(OC)c2)nc2ccccc2c1=O. The first-order valence-electron chi connectivity index (χ1n) is 8.27. The normalized spacial score (nSPS) is 11.1. The number of hydrogen-bond acceptors (Lipinski definition) is 5. The Labute approximate surface area is 158 Å². The smallest absolute Gasteiger partial charge is 0.387 e. The molecular weight excluding hydrogens is 374 g/mol. The zero-order valence-electron chi connectivity index (χ0n) is 14.8. The molecule has 0 atom stereocenters. The summed E-state index contributed by atoms with van der Waals surface area (Å²) in [7, 11) is 1.39. The van der Waals surface area contributed by atoms with Gasteiger partial charge in [-0.1, -0.05) is 30.0 Å². The molecule has 0 aliphatic heterocycles. The van der Waals surface area contributed by atoms with Crippen LogP contribution in [0.15, 0.2) is 52.4 Å². The van der Waals surface area contributed by atoms with Gasteiger partial charge in [0.2, 0.25) is 0 Å². The fourth-order valence-corrected chi connectivity index (χ4v) is 3.69. The van der Waals surface area contributed by atoms with E-state index in [1.165, 1.54) is 24.9 Å². The monoisotopic (exact) mass is 392 g/mol. The maximum atomic E-state index is 12.6. The number of nitrogens with zero attached hydrogens (tertiary/aromatic N) is 2. The lowest BCUT2D eigenvalue weighted by Crippen LogP contribution is -2.22. The molecule has 0 saturated heterocycles. The van der Waals surface area contributed by atoms with Crippen LogP contribution in [0.1, 0.15) is 12.5 Å². The minimum Gasteiger partial charge on any atom is -0.493 e. The average Bonchev–Trinajstić information content (AvgIpc) is 2.67. The van der Waals surface area contributed by atoms with Crippen molar-refractivity contribution < 1.29 is 18.3 Å². The van der Waals surface area contributed by atoms with Crippen LogP contribution < -0.4 is 15.0 Å². The molecule has 0 radical (unpaired) electrons. The highest BCUT2D eigenvalue weighted by Gasteiger charge is 2.13. The van der Waals surface area contributed by atoms with Gasteiger partial charge in [0.1, 0.15) is 0 Å². The Morgan fingerprint density at radius 2 is 1.96 bits per heavy atom. The van der Waals surface area contributed by atoms with Crippen LogP contribution in [-0.2, 0) is 12.3 Å². The van der Waals surface area contributed by atoms with E-state index in [4.69, 9.17) is 4.74 Å². The molecular formula is C19H18F2N2O3S. The van der Waals surface area contributed by atoms with Gasteiger partial charge >= 0.3 is 6.61 Å². The number of alkyl halides is 2. The number of hydrogen-bond donors (Lipinski definition) is 0. The molecule has 2 aromatic carbocycles. The highest BCUT2D eigenvalue weighted by atomic mass is 32.2. The molecule has 0 spiro atoms. The van der Waals surface area contributed by atoms with E-state index in [0.29, 0.717) is 28.4 Å². The Bertz CT molecular complexity index is 1010. The van der Waals surface area contributed by atoms with Gasteiger partial charge in [0.15, 0.2) is 16.7 Å². The number of fused-ring (bicyclic) bond motifs is 1. The van der Waals surface area contributed by atoms with Crippen LogP contribution in [0.4, 0.5) is 8.78 Å². The van der Waals surface area contributed by atoms with Crippen molar-refractivity contribution in [1.29, 1.82) is 0 Å². The van der Waals surface area contributed by atoms with E-state index >= 15 is 0 Å². The van der Waals surface area contributed by atoms with Crippen molar-refractivity contribution in [3.63, 3.8) is 0 Å². The van der Waals surface area contributed by atoms with Gasteiger partial charge in [0, 0.05) is 12.3 Å². The number of thioether (sulfide) groups is 1. The molecule has 0 unspecified atom stereocenters. The van der Waals surface area contributed by atoms with Crippen molar-refractivity contribution in [3.8, 4) is 11.5 Å². The molecule has 0 amide bonds. The average molecular weight is 392 g/mol. The molecule has 142 valence electrons. The Kier molecular flexibility index (Phi) is 5.95. The topological polar surface area (TPSA) is 53.4 Å². The van der Waals surface area contributed by atoms with E-state index in [-0.39, 0.29) is 17.1 Å². The fraction of sp³-hybridized carbons (Fsp3) is 0.263. The van der Waals surface area contributed by atoms with Crippen LogP contribution >= 0.6 is 11.8 Å². The van der Waals surface area contributed by atoms with Crippen molar-refractivity contribution in [2.75, 3.05) is 7.11 Å². The molecule has 1 heterocycles. The third kappa shape index (κ3) is 4.21. The standard InChI is InChI=1S/C19H18F2N2O3S/c1-3-23-17(24)13-6-4-5-7-14(13)22-19(23)27-11-12-8-9-15(26-18(20)21)16(10-12)25-2/h4-10,18H,3,11H2,1-2H3. The summed E-state index contributed by atoms with van der Waals surface area (Å²) in [6, 6.07) is 12.0. The van der Waals surface area contributed by atoms with Gasteiger partial charge in [0.25, 0.3) is 5.56 Å². The Morgan fingerprint density at radius 3 is 2.67 bits per heavy atom. The van der Waals surface area contributed by atoms with Gasteiger partial charge in [0.05, 0.1) is 18.0 Å². The quantitative estimate of drug-likeness (QED) is 0.443. The maximum Gasteiger partial charge on any atom is 0.387 e. The summed E-state index contributed by atoms with van der Waals surface area (Å²) < 4.78 is 36.0. The van der Waals surface area contributed by atoms with Crippen molar-refractivity contribution in [1.82, 2.24) is 9.55 Å². The number of methoxy groups -OCH3 is 1. The zero-order chi connectivity index (χ0) is 19.4. The molecule has 1 aromatic heterocycles. The lowest BCUT2D eigenvalue weighted by atomic mass is 10.2. The Morgan fingerprint density at radius 1 is 1.19 bits per heavy atom. The van der Waals surface area contributed by atoms with Gasteiger partial charge in [-0.3, -0.25) is 9.36 Å². The zero-order valence-corrected chi connectivity index (χ0v) is 15.6. The molecule has 3 aromatic rings. The lowest BCUT2D eigenvalue weighted by Gasteiger charge is -2.13. The van der Waals surface area contributed by atoms with Crippen LogP contribution in [0.25, 0.3) is 10.9 Å². The third-order valence-corrected chi connectivity index (χ3v) is 5.00. The van der Waals surface area contributed by atoms with Crippen molar-refractivity contribution in [3.05, 3.63) is 58.4 Å². The summed E-state index contributed by atoms with van der Waals surface area (Å²) in [5.74, 6) is 0.708. The Balaban J connectivity index is 1.87. The third-order valence-electron chi connectivity index (χ3n) is 3.95. The first-order chi connectivity index (χ1) is 13.0. The second-order valence-corrected chi connectivity index (χ2v) is 6.56. The van der Waals surface area contributed by atoms with E-state index in [1.807, 2.05) is 19.1 Å². The van der Waals surface area contributed by atoms with Gasteiger partial charge in [-0.2, -0.15) is 8.78 Å². The van der Waals surface area contributed by atoms with Gasteiger partial charge < -0.3 is 9.47 Å². The molecule has 0 aliphatic carbocycles. The molecule has 0 N–H and O–H groups in total. The second kappa shape index (κ2) is 8.39. The van der Waals surface area contributed by atoms with Gasteiger partial charge in [-0.25, -0.2) is 4.98 Å². The maximum absolute atomic E-state index is 12.6. The molecule has 3 rings (SSSR count). The molecule has 0 saturated carbocycles. The predicted molar refractivity (Wildman–Crippen MR) is 101 cm³/mol. The summed E-state index contributed by atoms with van der Waals surface area (Å²) in [5, 5.41) is 1.19. The minimum absolute atomic E-state index is 0.0180. The van der Waals surface area contributed by atoms with E-state index in [1.54, 1.807) is 28.8 Å². The predicted octanol–water partition coefficient (Wildman–Crippen LogP) is 4.32. The van der Waals surface area contributed by atoms with E-state index in [2.05, 4.69) is 9.72 Å². The highest BCUT2D eigenvalue weighted by molar-refractivity contribution is 7.98. The number of ether oxygens (including phenoxy) is 2. The molecule has 0 bridgehead atoms. The van der Waals surface area contributed by atoms with E-state index in [0.717, 1.165) is 5.56 Å². The van der Waals surface area contributed by atoms with Crippen molar-refractivity contribution >= 4 is 22.7 Å². The second-order valence-electron chi connectivity index (χ2n) is 5.61. The largest absolute Gasteiger partial charge is 0.493 e. The van der Waals surface area contributed by atoms with Crippen LogP contribution in [0.5, 0.6) is 11.5 Å².